The molecule has 0 bridgehead atoms. The molecular weight excluding hydrogens is 374 g/mol. The van der Waals surface area contributed by atoms with Gasteiger partial charge in [-0.05, 0) is 42.8 Å². The molecule has 0 aliphatic carbocycles. The Morgan fingerprint density at radius 1 is 1.00 bits per heavy atom. The highest BCUT2D eigenvalue weighted by molar-refractivity contribution is 6.30. The Morgan fingerprint density at radius 2 is 1.82 bits per heavy atom. The second-order valence-corrected chi connectivity index (χ2v) is 7.19. The van der Waals surface area contributed by atoms with Gasteiger partial charge in [0.2, 0.25) is 11.8 Å². The molecule has 0 saturated carbocycles. The van der Waals surface area contributed by atoms with Gasteiger partial charge in [-0.15, -0.1) is 10.2 Å². The lowest BCUT2D eigenvalue weighted by atomic mass is 10.1. The minimum atomic E-state index is 0.506. The monoisotopic (exact) mass is 393 g/mol. The van der Waals surface area contributed by atoms with E-state index in [0.29, 0.717) is 23.3 Å². The van der Waals surface area contributed by atoms with Crippen LogP contribution in [-0.4, -0.2) is 41.3 Å². The lowest BCUT2D eigenvalue weighted by molar-refractivity contribution is 0.256. The van der Waals surface area contributed by atoms with Crippen LogP contribution in [0.4, 0.5) is 5.69 Å². The molecule has 1 aromatic heterocycles. The van der Waals surface area contributed by atoms with Crippen molar-refractivity contribution < 1.29 is 4.42 Å². The summed E-state index contributed by atoms with van der Waals surface area (Å²) in [6, 6.07) is 17.4. The lowest BCUT2D eigenvalue weighted by Crippen LogP contribution is -2.31. The number of aromatic nitrogens is 2. The fourth-order valence-corrected chi connectivity index (χ4v) is 3.56. The van der Waals surface area contributed by atoms with Gasteiger partial charge in [0.05, 0.1) is 17.8 Å². The number of nitrogens with zero attached hydrogens (tertiary/aromatic N) is 5. The van der Waals surface area contributed by atoms with E-state index >= 15 is 0 Å². The molecule has 7 heteroatoms. The molecular formula is C21H20ClN5O. The van der Waals surface area contributed by atoms with Crippen LogP contribution in [0, 0.1) is 11.3 Å². The molecule has 0 radical (unpaired) electrons. The number of hydrogen-bond acceptors (Lipinski definition) is 6. The van der Waals surface area contributed by atoms with Crippen LogP contribution in [0.15, 0.2) is 52.9 Å². The average molecular weight is 394 g/mol. The number of halogens is 1. The first-order valence-corrected chi connectivity index (χ1v) is 9.65. The van der Waals surface area contributed by atoms with Crippen LogP contribution < -0.4 is 4.90 Å². The third-order valence-corrected chi connectivity index (χ3v) is 5.12. The van der Waals surface area contributed by atoms with Crippen LogP contribution in [0.1, 0.15) is 17.9 Å². The predicted molar refractivity (Wildman–Crippen MR) is 108 cm³/mol. The predicted octanol–water partition coefficient (Wildman–Crippen LogP) is 3.97. The summed E-state index contributed by atoms with van der Waals surface area (Å²) >= 11 is 5.93. The van der Waals surface area contributed by atoms with Crippen molar-refractivity contribution in [2.75, 3.05) is 31.1 Å². The van der Waals surface area contributed by atoms with Crippen molar-refractivity contribution in [1.29, 1.82) is 5.26 Å². The lowest BCUT2D eigenvalue weighted by Gasteiger charge is -2.24. The van der Waals surface area contributed by atoms with E-state index < -0.39 is 0 Å². The van der Waals surface area contributed by atoms with E-state index in [-0.39, 0.29) is 0 Å². The Hall–Kier alpha value is -2.88. The highest BCUT2D eigenvalue weighted by atomic mass is 35.5. The van der Waals surface area contributed by atoms with Gasteiger partial charge in [0.15, 0.2) is 0 Å². The van der Waals surface area contributed by atoms with E-state index in [4.69, 9.17) is 16.0 Å². The van der Waals surface area contributed by atoms with Crippen molar-refractivity contribution in [2.45, 2.75) is 13.0 Å². The summed E-state index contributed by atoms with van der Waals surface area (Å²) in [5.74, 6) is 1.11. The molecule has 0 N–H and O–H groups in total. The molecule has 0 spiro atoms. The highest BCUT2D eigenvalue weighted by Crippen LogP contribution is 2.23. The molecule has 6 nitrogen and oxygen atoms in total. The third kappa shape index (κ3) is 4.16. The summed E-state index contributed by atoms with van der Waals surface area (Å²) < 4.78 is 5.84. The van der Waals surface area contributed by atoms with Gasteiger partial charge >= 0.3 is 0 Å². The first kappa shape index (κ1) is 18.5. The van der Waals surface area contributed by atoms with Crippen LogP contribution in [0.2, 0.25) is 5.02 Å². The summed E-state index contributed by atoms with van der Waals surface area (Å²) in [4.78, 5) is 4.60. The Morgan fingerprint density at radius 3 is 2.64 bits per heavy atom. The van der Waals surface area contributed by atoms with Gasteiger partial charge < -0.3 is 9.32 Å². The summed E-state index contributed by atoms with van der Waals surface area (Å²) in [6.45, 7) is 4.22. The van der Waals surface area contributed by atoms with Crippen LogP contribution >= 0.6 is 11.6 Å². The second-order valence-electron chi connectivity index (χ2n) is 6.75. The van der Waals surface area contributed by atoms with E-state index in [9.17, 15) is 5.26 Å². The molecule has 1 saturated heterocycles. The van der Waals surface area contributed by atoms with E-state index in [1.54, 1.807) is 0 Å². The van der Waals surface area contributed by atoms with Gasteiger partial charge in [-0.2, -0.15) is 5.26 Å². The smallest absolute Gasteiger partial charge is 0.247 e. The number of para-hydroxylation sites is 1. The maximum Gasteiger partial charge on any atom is 0.247 e. The first-order valence-electron chi connectivity index (χ1n) is 9.28. The van der Waals surface area contributed by atoms with Crippen molar-refractivity contribution in [1.82, 2.24) is 15.1 Å². The Bertz CT molecular complexity index is 979. The SMILES string of the molecule is N#Cc1ccccc1N1CCCN(Cc2nnc(-c3ccc(Cl)cc3)o2)CC1. The Balaban J connectivity index is 1.40. The van der Waals surface area contributed by atoms with Crippen LogP contribution in [-0.2, 0) is 6.54 Å². The van der Waals surface area contributed by atoms with Crippen molar-refractivity contribution >= 4 is 17.3 Å². The molecule has 1 aliphatic rings. The van der Waals surface area contributed by atoms with Gasteiger partial charge in [0.25, 0.3) is 0 Å². The number of anilines is 1. The molecule has 142 valence electrons. The summed E-state index contributed by atoms with van der Waals surface area (Å²) in [6.07, 6.45) is 1.01. The largest absolute Gasteiger partial charge is 0.419 e. The maximum atomic E-state index is 9.36. The number of benzene rings is 2. The first-order chi connectivity index (χ1) is 13.7. The highest BCUT2D eigenvalue weighted by Gasteiger charge is 2.19. The molecule has 2 heterocycles. The zero-order chi connectivity index (χ0) is 19.3. The minimum Gasteiger partial charge on any atom is -0.419 e. The van der Waals surface area contributed by atoms with Gasteiger partial charge in [-0.3, -0.25) is 4.90 Å². The van der Waals surface area contributed by atoms with E-state index in [0.717, 1.165) is 49.4 Å². The Labute approximate surface area is 169 Å². The zero-order valence-electron chi connectivity index (χ0n) is 15.4. The molecule has 1 aliphatic heterocycles. The quantitative estimate of drug-likeness (QED) is 0.667. The third-order valence-electron chi connectivity index (χ3n) is 4.87. The molecule has 0 amide bonds. The van der Waals surface area contributed by atoms with Crippen LogP contribution in [0.5, 0.6) is 0 Å². The molecule has 28 heavy (non-hydrogen) atoms. The molecule has 2 aromatic carbocycles. The number of nitriles is 1. The van der Waals surface area contributed by atoms with Gasteiger partial charge in [0.1, 0.15) is 6.07 Å². The number of hydrogen-bond donors (Lipinski definition) is 0. The standard InChI is InChI=1S/C21H20ClN5O/c22-18-8-6-16(7-9-18)21-25-24-20(28-21)15-26-10-3-11-27(13-12-26)19-5-2-1-4-17(19)14-23/h1-2,4-9H,3,10-13,15H2. The normalized spacial score (nSPS) is 15.2. The van der Waals surface area contributed by atoms with E-state index in [1.807, 2.05) is 48.5 Å². The number of rotatable bonds is 4. The maximum absolute atomic E-state index is 9.36. The summed E-state index contributed by atoms with van der Waals surface area (Å²) in [5, 5.41) is 18.4. The van der Waals surface area contributed by atoms with Crippen molar-refractivity contribution in [2.24, 2.45) is 0 Å². The molecule has 0 unspecified atom stereocenters. The summed E-state index contributed by atoms with van der Waals surface area (Å²) in [7, 11) is 0. The summed E-state index contributed by atoms with van der Waals surface area (Å²) in [5.41, 5.74) is 2.59. The van der Waals surface area contributed by atoms with Crippen LogP contribution in [0.3, 0.4) is 0 Å². The van der Waals surface area contributed by atoms with Crippen molar-refractivity contribution in [3.05, 3.63) is 65.0 Å². The molecule has 1 fully saturated rings. The Kier molecular flexibility index (Phi) is 5.56. The van der Waals surface area contributed by atoms with E-state index in [2.05, 4.69) is 26.1 Å². The van der Waals surface area contributed by atoms with Crippen LogP contribution in [0.25, 0.3) is 11.5 Å². The zero-order valence-corrected chi connectivity index (χ0v) is 16.1. The van der Waals surface area contributed by atoms with E-state index in [1.165, 1.54) is 0 Å². The molecule has 4 rings (SSSR count). The molecule has 3 aromatic rings. The second kappa shape index (κ2) is 8.42. The fourth-order valence-electron chi connectivity index (χ4n) is 3.43. The minimum absolute atomic E-state index is 0.506. The topological polar surface area (TPSA) is 69.2 Å². The van der Waals surface area contributed by atoms with Gasteiger partial charge in [-0.1, -0.05) is 23.7 Å². The van der Waals surface area contributed by atoms with Crippen molar-refractivity contribution in [3.63, 3.8) is 0 Å². The van der Waals surface area contributed by atoms with Crippen molar-refractivity contribution in [3.8, 4) is 17.5 Å². The fraction of sp³-hybridized carbons (Fsp3) is 0.286. The van der Waals surface area contributed by atoms with Gasteiger partial charge in [-0.25, -0.2) is 0 Å². The van der Waals surface area contributed by atoms with Gasteiger partial charge in [0, 0.05) is 36.8 Å². The molecule has 0 atom stereocenters. The average Bonchev–Trinajstić information content (AvgIpc) is 3.06.